The summed E-state index contributed by atoms with van der Waals surface area (Å²) in [5, 5.41) is 11.1. The van der Waals surface area contributed by atoms with Crippen LogP contribution in [0.4, 0.5) is 0 Å². The van der Waals surface area contributed by atoms with E-state index < -0.39 is 0 Å². The topological polar surface area (TPSA) is 64.4 Å². The van der Waals surface area contributed by atoms with Crippen LogP contribution in [0.25, 0.3) is 22.2 Å². The van der Waals surface area contributed by atoms with Crippen LogP contribution in [0, 0.1) is 6.92 Å². The van der Waals surface area contributed by atoms with E-state index >= 15 is 0 Å². The lowest BCUT2D eigenvalue weighted by molar-refractivity contribution is 0.0527. The van der Waals surface area contributed by atoms with E-state index in [4.69, 9.17) is 4.74 Å². The lowest BCUT2D eigenvalue weighted by atomic mass is 10.0. The van der Waals surface area contributed by atoms with Crippen LogP contribution in [0.3, 0.4) is 0 Å². The van der Waals surface area contributed by atoms with E-state index in [1.54, 1.807) is 19.2 Å². The predicted octanol–water partition coefficient (Wildman–Crippen LogP) is 3.43. The molecule has 2 heterocycles. The fraction of sp³-hybridized carbons (Fsp3) is 0.222. The van der Waals surface area contributed by atoms with Crippen molar-refractivity contribution in [2.24, 2.45) is 7.05 Å². The standard InChI is InChI=1S/C18H18N2O3/c1-4-23-18(22)17-11(2)20(3)15-9-12(16(21)10-13(15)17)14-7-5-6-8-19-14/h5-10,21H,4H2,1-3H3. The SMILES string of the molecule is CCOC(=O)c1c(C)n(C)c2cc(-c3ccccn3)c(O)cc12. The number of phenolic OH excluding ortho intramolecular Hbond substituents is 1. The summed E-state index contributed by atoms with van der Waals surface area (Å²) in [7, 11) is 1.89. The van der Waals surface area contributed by atoms with Crippen molar-refractivity contribution in [3.05, 3.63) is 47.8 Å². The first-order valence-electron chi connectivity index (χ1n) is 7.45. The number of carbonyl (C=O) groups excluding carboxylic acids is 1. The number of ether oxygens (including phenoxy) is 1. The number of carbonyl (C=O) groups is 1. The highest BCUT2D eigenvalue weighted by molar-refractivity contribution is 6.07. The number of pyridine rings is 1. The molecule has 0 aliphatic heterocycles. The van der Waals surface area contributed by atoms with Gasteiger partial charge in [0.1, 0.15) is 5.75 Å². The number of phenols is 1. The summed E-state index contributed by atoms with van der Waals surface area (Å²) >= 11 is 0. The summed E-state index contributed by atoms with van der Waals surface area (Å²) in [4.78, 5) is 16.5. The second kappa shape index (κ2) is 5.76. The number of benzene rings is 1. The third-order valence-corrected chi connectivity index (χ3v) is 4.03. The quantitative estimate of drug-likeness (QED) is 0.753. The van der Waals surface area contributed by atoms with Crippen LogP contribution < -0.4 is 0 Å². The van der Waals surface area contributed by atoms with Gasteiger partial charge in [-0.2, -0.15) is 0 Å². The van der Waals surface area contributed by atoms with Crippen LogP contribution in [-0.4, -0.2) is 27.2 Å². The highest BCUT2D eigenvalue weighted by Crippen LogP contribution is 2.35. The molecule has 0 aliphatic carbocycles. The lowest BCUT2D eigenvalue weighted by Gasteiger charge is -2.06. The maximum Gasteiger partial charge on any atom is 0.340 e. The van der Waals surface area contributed by atoms with Crippen molar-refractivity contribution in [1.82, 2.24) is 9.55 Å². The molecular weight excluding hydrogens is 292 g/mol. The van der Waals surface area contributed by atoms with E-state index in [0.717, 1.165) is 11.2 Å². The van der Waals surface area contributed by atoms with Crippen molar-refractivity contribution >= 4 is 16.9 Å². The van der Waals surface area contributed by atoms with E-state index in [1.165, 1.54) is 0 Å². The highest BCUT2D eigenvalue weighted by atomic mass is 16.5. The number of nitrogens with zero attached hydrogens (tertiary/aromatic N) is 2. The van der Waals surface area contributed by atoms with Gasteiger partial charge in [0.05, 0.1) is 17.9 Å². The van der Waals surface area contributed by atoms with E-state index in [0.29, 0.717) is 28.8 Å². The van der Waals surface area contributed by atoms with Gasteiger partial charge >= 0.3 is 5.97 Å². The molecule has 3 aromatic rings. The molecule has 0 bridgehead atoms. The van der Waals surface area contributed by atoms with Crippen molar-refractivity contribution < 1.29 is 14.6 Å². The maximum atomic E-state index is 12.2. The molecule has 1 aromatic carbocycles. The van der Waals surface area contributed by atoms with Crippen molar-refractivity contribution in [1.29, 1.82) is 0 Å². The van der Waals surface area contributed by atoms with Gasteiger partial charge in [0, 0.05) is 35.4 Å². The molecule has 0 unspecified atom stereocenters. The Kier molecular flexibility index (Phi) is 3.78. The van der Waals surface area contributed by atoms with Crippen LogP contribution in [-0.2, 0) is 11.8 Å². The molecule has 118 valence electrons. The van der Waals surface area contributed by atoms with E-state index in [9.17, 15) is 9.90 Å². The van der Waals surface area contributed by atoms with Gasteiger partial charge in [-0.05, 0) is 38.1 Å². The minimum atomic E-state index is -0.374. The second-order valence-corrected chi connectivity index (χ2v) is 5.34. The predicted molar refractivity (Wildman–Crippen MR) is 88.5 cm³/mol. The van der Waals surface area contributed by atoms with E-state index in [2.05, 4.69) is 4.98 Å². The number of rotatable bonds is 3. The maximum absolute atomic E-state index is 12.2. The fourth-order valence-electron chi connectivity index (χ4n) is 2.79. The Morgan fingerprint density at radius 1 is 1.35 bits per heavy atom. The van der Waals surface area contributed by atoms with Crippen LogP contribution in [0.5, 0.6) is 5.75 Å². The van der Waals surface area contributed by atoms with Crippen LogP contribution in [0.2, 0.25) is 0 Å². The molecular formula is C18H18N2O3. The molecule has 1 N–H and O–H groups in total. The summed E-state index contributed by atoms with van der Waals surface area (Å²) in [6.45, 7) is 3.95. The zero-order valence-corrected chi connectivity index (χ0v) is 13.3. The Hall–Kier alpha value is -2.82. The normalized spacial score (nSPS) is 10.9. The van der Waals surface area contributed by atoms with Crippen LogP contribution in [0.1, 0.15) is 23.0 Å². The van der Waals surface area contributed by atoms with Gasteiger partial charge in [-0.25, -0.2) is 4.79 Å². The van der Waals surface area contributed by atoms with Gasteiger partial charge in [-0.1, -0.05) is 6.07 Å². The molecule has 0 aliphatic rings. The highest BCUT2D eigenvalue weighted by Gasteiger charge is 2.21. The minimum absolute atomic E-state index is 0.0901. The van der Waals surface area contributed by atoms with Gasteiger partial charge in [0.15, 0.2) is 0 Å². The largest absolute Gasteiger partial charge is 0.507 e. The molecule has 2 aromatic heterocycles. The zero-order valence-electron chi connectivity index (χ0n) is 13.3. The van der Waals surface area contributed by atoms with Crippen molar-refractivity contribution in [3.8, 4) is 17.0 Å². The molecule has 5 heteroatoms. The first-order valence-corrected chi connectivity index (χ1v) is 7.45. The first-order chi connectivity index (χ1) is 11.0. The molecule has 0 saturated heterocycles. The number of fused-ring (bicyclic) bond motifs is 1. The average molecular weight is 310 g/mol. The van der Waals surface area contributed by atoms with Gasteiger partial charge in [0.25, 0.3) is 0 Å². The van der Waals surface area contributed by atoms with Gasteiger partial charge < -0.3 is 14.4 Å². The zero-order chi connectivity index (χ0) is 16.6. The van der Waals surface area contributed by atoms with Crippen molar-refractivity contribution in [2.45, 2.75) is 13.8 Å². The summed E-state index contributed by atoms with van der Waals surface area (Å²) in [5.41, 5.74) is 3.46. The number of hydrogen-bond donors (Lipinski definition) is 1. The molecule has 0 amide bonds. The summed E-state index contributed by atoms with van der Waals surface area (Å²) in [5.74, 6) is -0.284. The first kappa shape index (κ1) is 15.1. The fourth-order valence-corrected chi connectivity index (χ4v) is 2.79. The Morgan fingerprint density at radius 2 is 2.13 bits per heavy atom. The number of aromatic hydroxyl groups is 1. The number of aryl methyl sites for hydroxylation is 1. The minimum Gasteiger partial charge on any atom is -0.507 e. The summed E-state index contributed by atoms with van der Waals surface area (Å²) < 4.78 is 7.06. The smallest absolute Gasteiger partial charge is 0.340 e. The molecule has 5 nitrogen and oxygen atoms in total. The van der Waals surface area contributed by atoms with E-state index in [-0.39, 0.29) is 11.7 Å². The Bertz CT molecular complexity index is 882. The van der Waals surface area contributed by atoms with Crippen molar-refractivity contribution in [2.75, 3.05) is 6.61 Å². The molecule has 3 rings (SSSR count). The van der Waals surface area contributed by atoms with Crippen LogP contribution >= 0.6 is 0 Å². The third-order valence-electron chi connectivity index (χ3n) is 4.03. The molecule has 23 heavy (non-hydrogen) atoms. The van der Waals surface area contributed by atoms with E-state index in [1.807, 2.05) is 42.8 Å². The number of hydrogen-bond acceptors (Lipinski definition) is 4. The lowest BCUT2D eigenvalue weighted by Crippen LogP contribution is -2.06. The molecule has 0 fully saturated rings. The van der Waals surface area contributed by atoms with Crippen molar-refractivity contribution in [3.63, 3.8) is 0 Å². The Labute approximate surface area is 134 Å². The number of esters is 1. The van der Waals surface area contributed by atoms with Crippen LogP contribution in [0.15, 0.2) is 36.5 Å². The Balaban J connectivity index is 2.26. The van der Waals surface area contributed by atoms with Gasteiger partial charge in [-0.15, -0.1) is 0 Å². The van der Waals surface area contributed by atoms with Gasteiger partial charge in [0.2, 0.25) is 0 Å². The monoisotopic (exact) mass is 310 g/mol. The second-order valence-electron chi connectivity index (χ2n) is 5.34. The molecule has 0 spiro atoms. The average Bonchev–Trinajstić information content (AvgIpc) is 2.78. The number of aromatic nitrogens is 2. The third kappa shape index (κ3) is 2.44. The Morgan fingerprint density at radius 3 is 2.78 bits per heavy atom. The molecule has 0 saturated carbocycles. The summed E-state index contributed by atoms with van der Waals surface area (Å²) in [6.07, 6.45) is 1.68. The molecule has 0 atom stereocenters. The summed E-state index contributed by atoms with van der Waals surface area (Å²) in [6, 6.07) is 8.99. The van der Waals surface area contributed by atoms with Gasteiger partial charge in [-0.3, -0.25) is 4.98 Å². The molecule has 0 radical (unpaired) electrons.